The van der Waals surface area contributed by atoms with Crippen LogP contribution in [-0.2, 0) is 19.9 Å². The van der Waals surface area contributed by atoms with E-state index >= 15 is 0 Å². The zero-order valence-electron chi connectivity index (χ0n) is 10.7. The minimum Gasteiger partial charge on any atom is -0.393 e. The standard InChI is InChI=1S/C14H16F2N2O/c1-18-5-4-17-14(18)3-2-13(19)8-10-6-11(15)9-12(16)7-10/h4-7,9,13,19H,2-3,8H2,1H3. The van der Waals surface area contributed by atoms with Gasteiger partial charge in [-0.25, -0.2) is 13.8 Å². The fourth-order valence-electron chi connectivity index (χ4n) is 2.04. The second kappa shape index (κ2) is 5.93. The summed E-state index contributed by atoms with van der Waals surface area (Å²) in [7, 11) is 1.89. The maximum Gasteiger partial charge on any atom is 0.126 e. The smallest absolute Gasteiger partial charge is 0.126 e. The summed E-state index contributed by atoms with van der Waals surface area (Å²) >= 11 is 0. The van der Waals surface area contributed by atoms with E-state index in [4.69, 9.17) is 0 Å². The number of aromatic nitrogens is 2. The molecular formula is C14H16F2N2O. The molecule has 1 unspecified atom stereocenters. The van der Waals surface area contributed by atoms with E-state index in [0.29, 0.717) is 18.4 Å². The Bertz CT molecular complexity index is 534. The molecule has 3 nitrogen and oxygen atoms in total. The van der Waals surface area contributed by atoms with Crippen LogP contribution in [0.15, 0.2) is 30.6 Å². The van der Waals surface area contributed by atoms with Gasteiger partial charge in [0.15, 0.2) is 0 Å². The molecule has 0 fully saturated rings. The van der Waals surface area contributed by atoms with E-state index in [9.17, 15) is 13.9 Å². The third kappa shape index (κ3) is 3.86. The van der Waals surface area contributed by atoms with Crippen molar-refractivity contribution in [2.45, 2.75) is 25.4 Å². The maximum atomic E-state index is 13.0. The number of hydrogen-bond donors (Lipinski definition) is 1. The molecule has 0 radical (unpaired) electrons. The van der Waals surface area contributed by atoms with Crippen LogP contribution in [0.25, 0.3) is 0 Å². The molecule has 1 atom stereocenters. The lowest BCUT2D eigenvalue weighted by molar-refractivity contribution is 0.164. The van der Waals surface area contributed by atoms with Crippen molar-refractivity contribution in [2.75, 3.05) is 0 Å². The highest BCUT2D eigenvalue weighted by Gasteiger charge is 2.10. The van der Waals surface area contributed by atoms with E-state index in [0.717, 1.165) is 11.9 Å². The van der Waals surface area contributed by atoms with Gasteiger partial charge in [0.2, 0.25) is 0 Å². The molecular weight excluding hydrogens is 250 g/mol. The molecule has 1 aromatic carbocycles. The van der Waals surface area contributed by atoms with Crippen molar-refractivity contribution in [3.8, 4) is 0 Å². The molecule has 0 bridgehead atoms. The van der Waals surface area contributed by atoms with E-state index in [1.54, 1.807) is 6.20 Å². The molecule has 1 N–H and O–H groups in total. The average molecular weight is 266 g/mol. The van der Waals surface area contributed by atoms with Crippen LogP contribution in [0.5, 0.6) is 0 Å². The third-order valence-corrected chi connectivity index (χ3v) is 3.02. The second-order valence-corrected chi connectivity index (χ2v) is 4.63. The van der Waals surface area contributed by atoms with E-state index in [1.165, 1.54) is 12.1 Å². The maximum absolute atomic E-state index is 13.0. The summed E-state index contributed by atoms with van der Waals surface area (Å²) < 4.78 is 27.9. The Morgan fingerprint density at radius 2 is 1.95 bits per heavy atom. The third-order valence-electron chi connectivity index (χ3n) is 3.02. The molecule has 2 aromatic rings. The van der Waals surface area contributed by atoms with Crippen molar-refractivity contribution in [3.05, 3.63) is 53.6 Å². The van der Waals surface area contributed by atoms with Gasteiger partial charge in [-0.05, 0) is 30.5 Å². The van der Waals surface area contributed by atoms with Gasteiger partial charge in [-0.3, -0.25) is 0 Å². The Labute approximate surface area is 110 Å². The highest BCUT2D eigenvalue weighted by atomic mass is 19.1. The predicted octanol–water partition coefficient (Wildman–Crippen LogP) is 2.23. The average Bonchev–Trinajstić information content (AvgIpc) is 2.71. The van der Waals surface area contributed by atoms with Gasteiger partial charge >= 0.3 is 0 Å². The Kier molecular flexibility index (Phi) is 4.27. The summed E-state index contributed by atoms with van der Waals surface area (Å²) in [4.78, 5) is 4.15. The number of aryl methyl sites for hydroxylation is 2. The topological polar surface area (TPSA) is 38.0 Å². The molecule has 19 heavy (non-hydrogen) atoms. The fourth-order valence-corrected chi connectivity index (χ4v) is 2.04. The summed E-state index contributed by atoms with van der Waals surface area (Å²) in [6.45, 7) is 0. The molecule has 0 spiro atoms. The SMILES string of the molecule is Cn1ccnc1CCC(O)Cc1cc(F)cc(F)c1. The van der Waals surface area contributed by atoms with Crippen LogP contribution < -0.4 is 0 Å². The number of nitrogens with zero attached hydrogens (tertiary/aromatic N) is 2. The van der Waals surface area contributed by atoms with Crippen molar-refractivity contribution < 1.29 is 13.9 Å². The van der Waals surface area contributed by atoms with Crippen LogP contribution in [0, 0.1) is 11.6 Å². The Balaban J connectivity index is 1.90. The second-order valence-electron chi connectivity index (χ2n) is 4.63. The monoisotopic (exact) mass is 266 g/mol. The number of imidazole rings is 1. The molecule has 0 aliphatic carbocycles. The van der Waals surface area contributed by atoms with E-state index in [2.05, 4.69) is 4.98 Å². The molecule has 1 aromatic heterocycles. The molecule has 2 rings (SSSR count). The Morgan fingerprint density at radius 3 is 2.53 bits per heavy atom. The van der Waals surface area contributed by atoms with Gasteiger partial charge in [-0.2, -0.15) is 0 Å². The largest absolute Gasteiger partial charge is 0.393 e. The minimum atomic E-state index is -0.641. The first-order chi connectivity index (χ1) is 9.04. The minimum absolute atomic E-state index is 0.235. The van der Waals surface area contributed by atoms with Crippen LogP contribution in [0.2, 0.25) is 0 Å². The van der Waals surface area contributed by atoms with Gasteiger partial charge in [0, 0.05) is 31.9 Å². The number of hydrogen-bond acceptors (Lipinski definition) is 2. The van der Waals surface area contributed by atoms with Crippen LogP contribution in [0.1, 0.15) is 17.8 Å². The Hall–Kier alpha value is -1.75. The summed E-state index contributed by atoms with van der Waals surface area (Å²) in [6, 6.07) is 3.31. The summed E-state index contributed by atoms with van der Waals surface area (Å²) in [5.41, 5.74) is 0.463. The lowest BCUT2D eigenvalue weighted by atomic mass is 10.0. The lowest BCUT2D eigenvalue weighted by Gasteiger charge is -2.10. The van der Waals surface area contributed by atoms with Crippen LogP contribution in [-0.4, -0.2) is 20.8 Å². The van der Waals surface area contributed by atoms with Crippen LogP contribution in [0.4, 0.5) is 8.78 Å². The number of benzene rings is 1. The first-order valence-corrected chi connectivity index (χ1v) is 6.14. The molecule has 1 heterocycles. The van der Waals surface area contributed by atoms with Gasteiger partial charge in [-0.15, -0.1) is 0 Å². The molecule has 0 aliphatic heterocycles. The van der Waals surface area contributed by atoms with Gasteiger partial charge in [-0.1, -0.05) is 0 Å². The highest BCUT2D eigenvalue weighted by molar-refractivity contribution is 5.18. The highest BCUT2D eigenvalue weighted by Crippen LogP contribution is 2.12. The van der Waals surface area contributed by atoms with E-state index in [1.807, 2.05) is 17.8 Å². The predicted molar refractivity (Wildman–Crippen MR) is 67.6 cm³/mol. The summed E-state index contributed by atoms with van der Waals surface area (Å²) in [6.07, 6.45) is 4.26. The van der Waals surface area contributed by atoms with Gasteiger partial charge in [0.05, 0.1) is 6.10 Å². The number of aliphatic hydroxyl groups is 1. The van der Waals surface area contributed by atoms with Crippen molar-refractivity contribution in [1.82, 2.24) is 9.55 Å². The quantitative estimate of drug-likeness (QED) is 0.901. The number of rotatable bonds is 5. The van der Waals surface area contributed by atoms with E-state index in [-0.39, 0.29) is 6.42 Å². The van der Waals surface area contributed by atoms with E-state index < -0.39 is 17.7 Å². The first-order valence-electron chi connectivity index (χ1n) is 6.14. The number of aliphatic hydroxyl groups excluding tert-OH is 1. The van der Waals surface area contributed by atoms with Crippen molar-refractivity contribution in [1.29, 1.82) is 0 Å². The van der Waals surface area contributed by atoms with Crippen LogP contribution in [0.3, 0.4) is 0 Å². The lowest BCUT2D eigenvalue weighted by Crippen LogP contribution is -2.13. The summed E-state index contributed by atoms with van der Waals surface area (Å²) in [5.74, 6) is -0.359. The van der Waals surface area contributed by atoms with Crippen molar-refractivity contribution in [2.24, 2.45) is 7.05 Å². The van der Waals surface area contributed by atoms with Crippen molar-refractivity contribution >= 4 is 0 Å². The molecule has 5 heteroatoms. The fraction of sp³-hybridized carbons (Fsp3) is 0.357. The van der Waals surface area contributed by atoms with Crippen LogP contribution >= 0.6 is 0 Å². The van der Waals surface area contributed by atoms with Gasteiger partial charge < -0.3 is 9.67 Å². The van der Waals surface area contributed by atoms with Crippen molar-refractivity contribution in [3.63, 3.8) is 0 Å². The normalized spacial score (nSPS) is 12.6. The molecule has 0 saturated carbocycles. The van der Waals surface area contributed by atoms with Gasteiger partial charge in [0.25, 0.3) is 0 Å². The Morgan fingerprint density at radius 1 is 1.26 bits per heavy atom. The molecule has 0 saturated heterocycles. The van der Waals surface area contributed by atoms with Gasteiger partial charge in [0.1, 0.15) is 17.5 Å². The zero-order chi connectivity index (χ0) is 13.8. The molecule has 0 amide bonds. The molecule has 102 valence electrons. The molecule has 0 aliphatic rings. The summed E-state index contributed by atoms with van der Waals surface area (Å²) in [5, 5.41) is 9.89. The zero-order valence-corrected chi connectivity index (χ0v) is 10.7. The number of halogens is 2. The first kappa shape index (κ1) is 13.7.